The van der Waals surface area contributed by atoms with E-state index in [0.717, 1.165) is 6.07 Å². The Morgan fingerprint density at radius 2 is 1.93 bits per heavy atom. The molecule has 1 aromatic carbocycles. The molecule has 2 aromatic heterocycles. The number of hydrogen-bond donors (Lipinski definition) is 0. The van der Waals surface area contributed by atoms with Gasteiger partial charge in [-0.1, -0.05) is 41.0 Å². The summed E-state index contributed by atoms with van der Waals surface area (Å²) in [5, 5.41) is 4.40. The predicted molar refractivity (Wildman–Crippen MR) is 101 cm³/mol. The van der Waals surface area contributed by atoms with Gasteiger partial charge in [-0.3, -0.25) is 4.79 Å². The molecule has 10 heteroatoms. The molecule has 0 spiro atoms. The second-order valence-corrected chi connectivity index (χ2v) is 7.16. The minimum Gasteiger partial charge on any atom is -0.471 e. The molecule has 6 nitrogen and oxygen atoms in total. The van der Waals surface area contributed by atoms with Gasteiger partial charge >= 0.3 is 6.18 Å². The number of alkyl halides is 3. The van der Waals surface area contributed by atoms with Crippen LogP contribution in [0.15, 0.2) is 47.0 Å². The SMILES string of the molecule is Cc1onc(-c2ccccc2Cl)c1C(=O)N1CC(Oc2cccc(C(F)(F)F)n2)C1. The zero-order valence-corrected chi connectivity index (χ0v) is 16.4. The van der Waals surface area contributed by atoms with E-state index in [4.69, 9.17) is 20.9 Å². The average Bonchev–Trinajstić information content (AvgIpc) is 3.05. The van der Waals surface area contributed by atoms with E-state index in [1.54, 1.807) is 31.2 Å². The number of halogens is 4. The van der Waals surface area contributed by atoms with Gasteiger partial charge in [0.1, 0.15) is 28.8 Å². The highest BCUT2D eigenvalue weighted by atomic mass is 35.5. The summed E-state index contributed by atoms with van der Waals surface area (Å²) in [6.07, 6.45) is -5.02. The molecular formula is C20H15ClF3N3O3. The second kappa shape index (κ2) is 7.64. The lowest BCUT2D eigenvalue weighted by atomic mass is 10.0. The molecule has 0 aliphatic carbocycles. The number of aryl methyl sites for hydroxylation is 1. The third-order valence-electron chi connectivity index (χ3n) is 4.64. The van der Waals surface area contributed by atoms with Gasteiger partial charge in [-0.15, -0.1) is 0 Å². The summed E-state index contributed by atoms with van der Waals surface area (Å²) in [6.45, 7) is 2.02. The van der Waals surface area contributed by atoms with E-state index in [0.29, 0.717) is 27.6 Å². The fourth-order valence-electron chi connectivity index (χ4n) is 3.11. The van der Waals surface area contributed by atoms with Crippen molar-refractivity contribution in [1.29, 1.82) is 0 Å². The van der Waals surface area contributed by atoms with E-state index in [9.17, 15) is 18.0 Å². The van der Waals surface area contributed by atoms with E-state index in [2.05, 4.69) is 10.1 Å². The third-order valence-corrected chi connectivity index (χ3v) is 4.97. The van der Waals surface area contributed by atoms with Gasteiger partial charge in [0.2, 0.25) is 5.88 Å². The number of pyridine rings is 1. The first-order valence-corrected chi connectivity index (χ1v) is 9.33. The van der Waals surface area contributed by atoms with Crippen molar-refractivity contribution in [3.05, 3.63) is 64.5 Å². The summed E-state index contributed by atoms with van der Waals surface area (Å²) in [4.78, 5) is 17.9. The highest BCUT2D eigenvalue weighted by molar-refractivity contribution is 6.33. The molecule has 3 heterocycles. The molecule has 1 saturated heterocycles. The van der Waals surface area contributed by atoms with Crippen molar-refractivity contribution in [3.63, 3.8) is 0 Å². The van der Waals surface area contributed by atoms with Crippen molar-refractivity contribution in [2.24, 2.45) is 0 Å². The van der Waals surface area contributed by atoms with Crippen molar-refractivity contribution >= 4 is 17.5 Å². The molecule has 0 unspecified atom stereocenters. The summed E-state index contributed by atoms with van der Waals surface area (Å²) in [6, 6.07) is 10.4. The van der Waals surface area contributed by atoms with Crippen LogP contribution >= 0.6 is 11.6 Å². The number of likely N-dealkylation sites (tertiary alicyclic amines) is 1. The fourth-order valence-corrected chi connectivity index (χ4v) is 3.33. The Labute approximate surface area is 174 Å². The fraction of sp³-hybridized carbons (Fsp3) is 0.250. The summed E-state index contributed by atoms with van der Waals surface area (Å²) in [7, 11) is 0. The Morgan fingerprint density at radius 3 is 2.63 bits per heavy atom. The lowest BCUT2D eigenvalue weighted by molar-refractivity contribution is -0.141. The van der Waals surface area contributed by atoms with Crippen LogP contribution in [0.4, 0.5) is 13.2 Å². The first kappa shape index (κ1) is 20.2. The number of rotatable bonds is 4. The van der Waals surface area contributed by atoms with Crippen LogP contribution in [0.5, 0.6) is 5.88 Å². The highest BCUT2D eigenvalue weighted by Gasteiger charge is 2.37. The molecule has 30 heavy (non-hydrogen) atoms. The first-order chi connectivity index (χ1) is 14.2. The van der Waals surface area contributed by atoms with Gasteiger partial charge in [-0.2, -0.15) is 13.2 Å². The molecule has 1 amide bonds. The van der Waals surface area contributed by atoms with Crippen LogP contribution in [0.1, 0.15) is 21.8 Å². The highest BCUT2D eigenvalue weighted by Crippen LogP contribution is 2.33. The number of carbonyl (C=O) groups excluding carboxylic acids is 1. The van der Waals surface area contributed by atoms with Crippen LogP contribution in [0, 0.1) is 6.92 Å². The quantitative estimate of drug-likeness (QED) is 0.595. The smallest absolute Gasteiger partial charge is 0.433 e. The zero-order chi connectivity index (χ0) is 21.5. The van der Waals surface area contributed by atoms with E-state index < -0.39 is 18.0 Å². The average molecular weight is 438 g/mol. The molecule has 0 bridgehead atoms. The van der Waals surface area contributed by atoms with E-state index >= 15 is 0 Å². The van der Waals surface area contributed by atoms with Crippen LogP contribution < -0.4 is 4.74 Å². The Morgan fingerprint density at radius 1 is 1.20 bits per heavy atom. The van der Waals surface area contributed by atoms with Crippen LogP contribution in [0.2, 0.25) is 5.02 Å². The maximum atomic E-state index is 13.0. The monoisotopic (exact) mass is 437 g/mol. The number of nitrogens with zero attached hydrogens (tertiary/aromatic N) is 3. The number of ether oxygens (including phenoxy) is 1. The molecule has 0 atom stereocenters. The predicted octanol–water partition coefficient (Wildman–Crippen LogP) is 4.62. The van der Waals surface area contributed by atoms with E-state index in [1.807, 2.05) is 0 Å². The van der Waals surface area contributed by atoms with Gasteiger partial charge in [-0.05, 0) is 19.1 Å². The maximum absolute atomic E-state index is 13.0. The topological polar surface area (TPSA) is 68.5 Å². The van der Waals surface area contributed by atoms with Crippen LogP contribution in [-0.4, -0.2) is 40.1 Å². The van der Waals surface area contributed by atoms with Gasteiger partial charge in [-0.25, -0.2) is 4.98 Å². The van der Waals surface area contributed by atoms with Crippen molar-refractivity contribution in [2.45, 2.75) is 19.2 Å². The van der Waals surface area contributed by atoms with Crippen molar-refractivity contribution in [3.8, 4) is 17.1 Å². The normalized spacial score (nSPS) is 14.5. The van der Waals surface area contributed by atoms with E-state index in [1.165, 1.54) is 17.0 Å². The van der Waals surface area contributed by atoms with Gasteiger partial charge in [0, 0.05) is 11.6 Å². The second-order valence-electron chi connectivity index (χ2n) is 6.75. The molecule has 1 aliphatic heterocycles. The molecule has 0 N–H and O–H groups in total. The van der Waals surface area contributed by atoms with Gasteiger partial charge in [0.15, 0.2) is 0 Å². The standard InChI is InChI=1S/C20H15ClF3N3O3/c1-11-17(18(26-30-11)13-5-2-3-6-14(13)21)19(28)27-9-12(10-27)29-16-8-4-7-15(25-16)20(22,23)24/h2-8,12H,9-10H2,1H3. The molecule has 3 aromatic rings. The zero-order valence-electron chi connectivity index (χ0n) is 15.6. The summed E-state index contributed by atoms with van der Waals surface area (Å²) in [5.41, 5.74) is 0.170. The van der Waals surface area contributed by atoms with Gasteiger partial charge in [0.25, 0.3) is 5.91 Å². The number of aromatic nitrogens is 2. The third kappa shape index (κ3) is 3.85. The lowest BCUT2D eigenvalue weighted by Gasteiger charge is -2.38. The molecule has 1 aliphatic rings. The maximum Gasteiger partial charge on any atom is 0.433 e. The summed E-state index contributed by atoms with van der Waals surface area (Å²) < 4.78 is 49.0. The molecule has 0 radical (unpaired) electrons. The van der Waals surface area contributed by atoms with Crippen molar-refractivity contribution in [2.75, 3.05) is 13.1 Å². The number of hydrogen-bond acceptors (Lipinski definition) is 5. The lowest BCUT2D eigenvalue weighted by Crippen LogP contribution is -2.56. The Balaban J connectivity index is 1.46. The number of benzene rings is 1. The molecule has 1 fully saturated rings. The molecule has 0 saturated carbocycles. The van der Waals surface area contributed by atoms with Gasteiger partial charge < -0.3 is 14.2 Å². The Bertz CT molecular complexity index is 1090. The largest absolute Gasteiger partial charge is 0.471 e. The first-order valence-electron chi connectivity index (χ1n) is 8.95. The Kier molecular flexibility index (Phi) is 5.15. The van der Waals surface area contributed by atoms with Crippen LogP contribution in [0.3, 0.4) is 0 Å². The van der Waals surface area contributed by atoms with Crippen LogP contribution in [0.25, 0.3) is 11.3 Å². The summed E-state index contributed by atoms with van der Waals surface area (Å²) >= 11 is 6.22. The number of amides is 1. The molecular weight excluding hydrogens is 423 g/mol. The molecule has 4 rings (SSSR count). The minimum absolute atomic E-state index is 0.139. The number of carbonyl (C=O) groups is 1. The molecule has 156 valence electrons. The van der Waals surface area contributed by atoms with E-state index in [-0.39, 0.29) is 24.9 Å². The van der Waals surface area contributed by atoms with Crippen molar-refractivity contribution < 1.29 is 27.2 Å². The minimum atomic E-state index is -4.55. The van der Waals surface area contributed by atoms with Gasteiger partial charge in [0.05, 0.1) is 18.1 Å². The summed E-state index contributed by atoms with van der Waals surface area (Å²) in [5.74, 6) is -0.112. The Hall–Kier alpha value is -3.07. The van der Waals surface area contributed by atoms with Crippen molar-refractivity contribution in [1.82, 2.24) is 15.0 Å². The van der Waals surface area contributed by atoms with Crippen LogP contribution in [-0.2, 0) is 6.18 Å².